The monoisotopic (exact) mass is 968 g/mol. The molecule has 0 aromatic heterocycles. The fourth-order valence-corrected chi connectivity index (χ4v) is 11.2. The van der Waals surface area contributed by atoms with Crippen LogP contribution >= 0.6 is 23.5 Å². The van der Waals surface area contributed by atoms with E-state index < -0.39 is 36.2 Å². The van der Waals surface area contributed by atoms with Crippen molar-refractivity contribution in [1.29, 1.82) is 0 Å². The van der Waals surface area contributed by atoms with Gasteiger partial charge in [0, 0.05) is 12.8 Å². The summed E-state index contributed by atoms with van der Waals surface area (Å²) >= 11 is 2.89. The van der Waals surface area contributed by atoms with Gasteiger partial charge in [-0.1, -0.05) is 206 Å². The Kier molecular flexibility index (Phi) is 14.4. The minimum atomic E-state index is -0.758. The van der Waals surface area contributed by atoms with Gasteiger partial charge in [-0.3, -0.25) is 29.4 Å². The van der Waals surface area contributed by atoms with Crippen molar-refractivity contribution < 1.29 is 38.9 Å². The molecule has 14 heteroatoms. The normalized spacial score (nSPS) is 19.5. The number of likely N-dealkylation sites (tertiary alicyclic amines) is 2. The zero-order chi connectivity index (χ0) is 48.7. The number of nitrogens with zero attached hydrogens (tertiary/aromatic N) is 4. The van der Waals surface area contributed by atoms with E-state index in [4.69, 9.17) is 9.47 Å². The number of ether oxygens (including phenoxy) is 2. The number of rotatable bonds is 14. The number of hydrogen-bond acceptors (Lipinski definition) is 12. The molecule has 0 spiro atoms. The summed E-state index contributed by atoms with van der Waals surface area (Å²) in [5, 5.41) is 21.8. The van der Waals surface area contributed by atoms with Crippen molar-refractivity contribution in [1.82, 2.24) is 9.80 Å². The third-order valence-electron chi connectivity index (χ3n) is 11.9. The lowest BCUT2D eigenvalue weighted by Gasteiger charge is -2.41. The van der Waals surface area contributed by atoms with Gasteiger partial charge in [0.1, 0.15) is 22.3 Å². The SMILES string of the molecule is C/C(O)=C(/C(=O)OC(c1ccccc1)c1ccccc1)N1C(=O)[C@H]2N=C(Cc3ccccc3)S[C@H]21.C/C(O)=C(/C(=O)OC(c1ccccc1)c1ccccc1)N1C(=O)[C@H]2N=C(Cc3ccccc3)S[C@H]21. The maximum atomic E-state index is 13.4. The van der Waals surface area contributed by atoms with Crippen LogP contribution < -0.4 is 0 Å². The maximum Gasteiger partial charge on any atom is 0.359 e. The highest BCUT2D eigenvalue weighted by molar-refractivity contribution is 8.15. The number of aliphatic hydroxyl groups is 2. The lowest BCUT2D eigenvalue weighted by Crippen LogP contribution is -2.61. The molecule has 4 atom stereocenters. The molecule has 4 aliphatic heterocycles. The van der Waals surface area contributed by atoms with E-state index in [-0.39, 0.29) is 45.5 Å². The third kappa shape index (κ3) is 10.2. The Hall–Kier alpha value is -7.68. The predicted octanol–water partition coefficient (Wildman–Crippen LogP) is 10.1. The summed E-state index contributed by atoms with van der Waals surface area (Å²) in [6.07, 6.45) is -0.142. The Labute approximate surface area is 414 Å². The third-order valence-corrected chi connectivity index (χ3v) is 14.4. The van der Waals surface area contributed by atoms with E-state index in [9.17, 15) is 29.4 Å². The molecule has 12 nitrogen and oxygen atoms in total. The molecule has 6 aromatic rings. The summed E-state index contributed by atoms with van der Waals surface area (Å²) in [6.45, 7) is 2.78. The number of fused-ring (bicyclic) bond motifs is 2. The van der Waals surface area contributed by atoms with Gasteiger partial charge in [-0.15, -0.1) is 0 Å². The van der Waals surface area contributed by atoms with E-state index in [2.05, 4.69) is 9.98 Å². The summed E-state index contributed by atoms with van der Waals surface area (Å²) in [5.74, 6) is -2.68. The molecule has 2 saturated heterocycles. The molecule has 70 heavy (non-hydrogen) atoms. The fraction of sp³-hybridized carbons (Fsp3) is 0.179. The molecule has 6 aromatic carbocycles. The lowest BCUT2D eigenvalue weighted by atomic mass is 10.0. The van der Waals surface area contributed by atoms with Crippen LogP contribution in [-0.2, 0) is 41.5 Å². The summed E-state index contributed by atoms with van der Waals surface area (Å²) in [6, 6.07) is 56.2. The molecule has 0 bridgehead atoms. The van der Waals surface area contributed by atoms with E-state index in [0.29, 0.717) is 12.8 Å². The van der Waals surface area contributed by atoms with Gasteiger partial charge >= 0.3 is 11.9 Å². The van der Waals surface area contributed by atoms with E-state index in [0.717, 1.165) is 43.5 Å². The highest BCUT2D eigenvalue weighted by atomic mass is 32.2. The van der Waals surface area contributed by atoms with Crippen molar-refractivity contribution in [2.45, 2.75) is 61.7 Å². The van der Waals surface area contributed by atoms with Crippen molar-refractivity contribution in [3.63, 3.8) is 0 Å². The number of thioether (sulfide) groups is 2. The van der Waals surface area contributed by atoms with Crippen LogP contribution in [0.5, 0.6) is 0 Å². The first kappa shape index (κ1) is 47.4. The number of aliphatic imine (C=N–C) groups is 2. The van der Waals surface area contributed by atoms with Crippen molar-refractivity contribution in [3.05, 3.63) is 238 Å². The standard InChI is InChI=1S/2C28H24N2O4S/c2*1-18(31)24(28(33)34-25(20-13-7-3-8-14-20)21-15-9-4-10-16-21)30-26(32)23-27(30)35-22(29-23)17-19-11-5-2-6-12-19/h2*2-16,23,25,27,31H,17H2,1H3/b2*24-18+/t2*23-,27-/m11/s1. The van der Waals surface area contributed by atoms with Gasteiger partial charge < -0.3 is 19.7 Å². The zero-order valence-corrected chi connectivity index (χ0v) is 39.8. The number of benzene rings is 6. The van der Waals surface area contributed by atoms with Crippen LogP contribution in [0.1, 0.15) is 59.4 Å². The molecule has 0 radical (unpaired) electrons. The molecule has 0 unspecified atom stereocenters. The molecule has 352 valence electrons. The van der Waals surface area contributed by atoms with Crippen LogP contribution in [0.4, 0.5) is 0 Å². The molecular formula is C56H48N4O8S2. The second kappa shape index (κ2) is 21.3. The number of amides is 2. The first-order valence-electron chi connectivity index (χ1n) is 22.7. The van der Waals surface area contributed by atoms with Gasteiger partial charge in [0.2, 0.25) is 0 Å². The van der Waals surface area contributed by atoms with Gasteiger partial charge in [0.25, 0.3) is 11.8 Å². The Balaban J connectivity index is 0.000000174. The molecule has 4 heterocycles. The molecule has 10 rings (SSSR count). The van der Waals surface area contributed by atoms with Crippen LogP contribution in [-0.4, -0.2) is 76.7 Å². The van der Waals surface area contributed by atoms with Crippen LogP contribution in [0.2, 0.25) is 0 Å². The number of carbonyl (C=O) groups is 4. The fourth-order valence-electron chi connectivity index (χ4n) is 8.55. The van der Waals surface area contributed by atoms with E-state index in [1.807, 2.05) is 182 Å². The molecule has 0 aliphatic carbocycles. The highest BCUT2D eigenvalue weighted by Gasteiger charge is 2.57. The average Bonchev–Trinajstić information content (AvgIpc) is 3.95. The number of carbonyl (C=O) groups excluding carboxylic acids is 4. The number of β-lactam (4-membered cyclic amide) rings is 2. The molecule has 2 fully saturated rings. The summed E-state index contributed by atoms with van der Waals surface area (Å²) in [7, 11) is 0. The summed E-state index contributed by atoms with van der Waals surface area (Å²) in [4.78, 5) is 64.5. The average molecular weight is 969 g/mol. The van der Waals surface area contributed by atoms with Crippen molar-refractivity contribution in [3.8, 4) is 0 Å². The Morgan fingerprint density at radius 1 is 0.486 bits per heavy atom. The summed E-state index contributed by atoms with van der Waals surface area (Å²) in [5.41, 5.74) is 5.07. The highest BCUT2D eigenvalue weighted by Crippen LogP contribution is 2.45. The van der Waals surface area contributed by atoms with Gasteiger partial charge in [0.15, 0.2) is 35.7 Å². The molecule has 0 saturated carbocycles. The Morgan fingerprint density at radius 3 is 1.03 bits per heavy atom. The molecule has 2 amide bonds. The number of aliphatic hydroxyl groups excluding tert-OH is 2. The first-order chi connectivity index (χ1) is 34.0. The Morgan fingerprint density at radius 2 is 0.757 bits per heavy atom. The summed E-state index contributed by atoms with van der Waals surface area (Å²) < 4.78 is 11.8. The van der Waals surface area contributed by atoms with Gasteiger partial charge in [-0.2, -0.15) is 0 Å². The van der Waals surface area contributed by atoms with Crippen LogP contribution in [0.15, 0.2) is 215 Å². The predicted molar refractivity (Wildman–Crippen MR) is 271 cm³/mol. The van der Waals surface area contributed by atoms with Crippen LogP contribution in [0.25, 0.3) is 0 Å². The topological polar surface area (TPSA) is 158 Å². The smallest absolute Gasteiger partial charge is 0.359 e. The van der Waals surface area contributed by atoms with Crippen LogP contribution in [0, 0.1) is 0 Å². The Bertz CT molecular complexity index is 2700. The quantitative estimate of drug-likeness (QED) is 0.0466. The van der Waals surface area contributed by atoms with Crippen LogP contribution in [0.3, 0.4) is 0 Å². The zero-order valence-electron chi connectivity index (χ0n) is 38.1. The lowest BCUT2D eigenvalue weighted by molar-refractivity contribution is -0.153. The van der Waals surface area contributed by atoms with E-state index >= 15 is 0 Å². The van der Waals surface area contributed by atoms with Gasteiger partial charge in [0.05, 0.1) is 10.1 Å². The van der Waals surface area contributed by atoms with Gasteiger partial charge in [-0.25, -0.2) is 9.59 Å². The van der Waals surface area contributed by atoms with E-state index in [1.165, 1.54) is 47.2 Å². The maximum absolute atomic E-state index is 13.4. The molecule has 2 N–H and O–H groups in total. The van der Waals surface area contributed by atoms with Crippen molar-refractivity contribution >= 4 is 57.4 Å². The second-order valence-corrected chi connectivity index (χ2v) is 19.2. The molecular weight excluding hydrogens is 921 g/mol. The van der Waals surface area contributed by atoms with Gasteiger partial charge in [-0.05, 0) is 47.2 Å². The minimum Gasteiger partial charge on any atom is -0.510 e. The largest absolute Gasteiger partial charge is 0.510 e. The van der Waals surface area contributed by atoms with Crippen molar-refractivity contribution in [2.75, 3.05) is 0 Å². The molecule has 4 aliphatic rings. The van der Waals surface area contributed by atoms with Crippen molar-refractivity contribution in [2.24, 2.45) is 9.98 Å². The first-order valence-corrected chi connectivity index (χ1v) is 24.4. The second-order valence-electron chi connectivity index (χ2n) is 16.8. The minimum absolute atomic E-state index is 0.142. The number of hydrogen-bond donors (Lipinski definition) is 2. The number of allylic oxidation sites excluding steroid dienone is 2. The van der Waals surface area contributed by atoms with E-state index in [1.54, 1.807) is 0 Å². The number of esters is 2.